The Kier molecular flexibility index (Phi) is 5.02. The molecule has 0 spiro atoms. The van der Waals surface area contributed by atoms with Gasteiger partial charge in [0.2, 0.25) is 5.29 Å². The number of sulfone groups is 1. The molecular weight excluding hydrogens is 382 g/mol. The predicted octanol–water partition coefficient (Wildman–Crippen LogP) is 0.445. The van der Waals surface area contributed by atoms with Crippen molar-refractivity contribution >= 4 is 32.6 Å². The van der Waals surface area contributed by atoms with Crippen LogP contribution in [0.1, 0.15) is 19.3 Å². The van der Waals surface area contributed by atoms with Gasteiger partial charge in [-0.05, 0) is 30.9 Å². The van der Waals surface area contributed by atoms with E-state index in [0.717, 1.165) is 0 Å². The van der Waals surface area contributed by atoms with Gasteiger partial charge in [-0.25, -0.2) is 18.4 Å². The molecule has 4 atom stereocenters. The first-order valence-electron chi connectivity index (χ1n) is 8.98. The number of ether oxygens (including phenoxy) is 3. The highest BCUT2D eigenvalue weighted by Crippen LogP contribution is 2.40. The fourth-order valence-corrected chi connectivity index (χ4v) is 6.21. The first-order valence-corrected chi connectivity index (χ1v) is 11.2. The standard InChI is InChI=1S/C16H24ClN3O5S/c1-26(21,22)16(3-2-6-23-7-4-16)13-12-14(19-15(17)18-13)20-5-8-24-9-11(20)10-25-12/h11-13H,2-10H2,1H3. The number of hydrogen-bond acceptors (Lipinski definition) is 8. The lowest BCUT2D eigenvalue weighted by molar-refractivity contribution is -0.0622. The summed E-state index contributed by atoms with van der Waals surface area (Å²) in [5.41, 5.74) is 0. The second-order valence-electron chi connectivity index (χ2n) is 7.29. The molecule has 3 saturated heterocycles. The van der Waals surface area contributed by atoms with Crippen LogP contribution in [0, 0.1) is 0 Å². The van der Waals surface area contributed by atoms with E-state index in [-0.39, 0.29) is 11.3 Å². The molecular formula is C16H24ClN3O5S. The second-order valence-corrected chi connectivity index (χ2v) is 9.99. The molecule has 0 radical (unpaired) electrons. The van der Waals surface area contributed by atoms with Crippen molar-refractivity contribution in [2.24, 2.45) is 9.98 Å². The highest BCUT2D eigenvalue weighted by molar-refractivity contribution is 7.92. The Balaban J connectivity index is 1.75. The van der Waals surface area contributed by atoms with Crippen LogP contribution in [0.2, 0.25) is 0 Å². The lowest BCUT2D eigenvalue weighted by Gasteiger charge is -2.49. The van der Waals surface area contributed by atoms with Crippen molar-refractivity contribution in [3.8, 4) is 0 Å². The summed E-state index contributed by atoms with van der Waals surface area (Å²) in [6.07, 6.45) is 2.29. The average molecular weight is 406 g/mol. The maximum absolute atomic E-state index is 12.9. The van der Waals surface area contributed by atoms with Crippen LogP contribution in [-0.2, 0) is 24.0 Å². The number of nitrogens with zero attached hydrogens (tertiary/aromatic N) is 3. The average Bonchev–Trinajstić information content (AvgIpc) is 2.87. The van der Waals surface area contributed by atoms with Crippen molar-refractivity contribution in [2.75, 3.05) is 45.8 Å². The van der Waals surface area contributed by atoms with E-state index in [1.807, 2.05) is 0 Å². The molecule has 0 saturated carbocycles. The van der Waals surface area contributed by atoms with Crippen molar-refractivity contribution in [1.29, 1.82) is 0 Å². The van der Waals surface area contributed by atoms with Gasteiger partial charge in [0.15, 0.2) is 9.84 Å². The summed E-state index contributed by atoms with van der Waals surface area (Å²) < 4.78 is 42.0. The summed E-state index contributed by atoms with van der Waals surface area (Å²) >= 11 is 6.26. The van der Waals surface area contributed by atoms with Crippen LogP contribution in [0.3, 0.4) is 0 Å². The number of aliphatic imine (C=N–C) groups is 2. The zero-order valence-electron chi connectivity index (χ0n) is 14.8. The number of rotatable bonds is 2. The fourth-order valence-electron chi connectivity index (χ4n) is 4.44. The quantitative estimate of drug-likeness (QED) is 0.619. The van der Waals surface area contributed by atoms with Crippen LogP contribution < -0.4 is 0 Å². The Hall–Kier alpha value is -0.740. The first-order chi connectivity index (χ1) is 12.4. The van der Waals surface area contributed by atoms with Gasteiger partial charge in [0.1, 0.15) is 18.0 Å². The molecule has 3 fully saturated rings. The van der Waals surface area contributed by atoms with Gasteiger partial charge in [0.25, 0.3) is 0 Å². The molecule has 0 aromatic heterocycles. The summed E-state index contributed by atoms with van der Waals surface area (Å²) in [7, 11) is -3.44. The lowest BCUT2D eigenvalue weighted by atomic mass is 9.85. The summed E-state index contributed by atoms with van der Waals surface area (Å²) in [5, 5.41) is 0.0881. The maximum Gasteiger partial charge on any atom is 0.219 e. The monoisotopic (exact) mass is 405 g/mol. The van der Waals surface area contributed by atoms with Gasteiger partial charge < -0.3 is 19.1 Å². The highest BCUT2D eigenvalue weighted by Gasteiger charge is 2.56. The van der Waals surface area contributed by atoms with E-state index in [2.05, 4.69) is 14.9 Å². The molecule has 0 amide bonds. The number of morpholine rings is 2. The van der Waals surface area contributed by atoms with E-state index in [1.165, 1.54) is 6.26 Å². The van der Waals surface area contributed by atoms with Gasteiger partial charge >= 0.3 is 0 Å². The smallest absolute Gasteiger partial charge is 0.219 e. The van der Waals surface area contributed by atoms with Crippen molar-refractivity contribution < 1.29 is 22.6 Å². The Morgan fingerprint density at radius 3 is 2.85 bits per heavy atom. The molecule has 4 heterocycles. The van der Waals surface area contributed by atoms with Crippen LogP contribution in [-0.4, -0.2) is 93.2 Å². The van der Waals surface area contributed by atoms with Crippen LogP contribution in [0.25, 0.3) is 0 Å². The molecule has 4 rings (SSSR count). The Morgan fingerprint density at radius 2 is 2.04 bits per heavy atom. The summed E-state index contributed by atoms with van der Waals surface area (Å²) in [4.78, 5) is 11.1. The van der Waals surface area contributed by atoms with Crippen LogP contribution >= 0.6 is 11.6 Å². The molecule has 0 aromatic rings. The molecule has 4 aliphatic heterocycles. The minimum atomic E-state index is -3.44. The van der Waals surface area contributed by atoms with Crippen LogP contribution in [0.5, 0.6) is 0 Å². The molecule has 0 bridgehead atoms. The summed E-state index contributed by atoms with van der Waals surface area (Å²) in [6.45, 7) is 3.26. The predicted molar refractivity (Wildman–Crippen MR) is 97.8 cm³/mol. The van der Waals surface area contributed by atoms with Gasteiger partial charge in [-0.1, -0.05) is 0 Å². The molecule has 10 heteroatoms. The molecule has 0 aromatic carbocycles. The third kappa shape index (κ3) is 3.07. The molecule has 146 valence electrons. The first kappa shape index (κ1) is 18.6. The number of fused-ring (bicyclic) bond motifs is 3. The van der Waals surface area contributed by atoms with E-state index in [0.29, 0.717) is 64.7 Å². The van der Waals surface area contributed by atoms with Crippen molar-refractivity contribution in [3.63, 3.8) is 0 Å². The number of halogens is 1. The van der Waals surface area contributed by atoms with Crippen LogP contribution in [0.4, 0.5) is 0 Å². The fraction of sp³-hybridized carbons (Fsp3) is 0.875. The topological polar surface area (TPSA) is 89.8 Å². The Labute approximate surface area is 158 Å². The van der Waals surface area contributed by atoms with Gasteiger partial charge in [-0.3, -0.25) is 0 Å². The normalized spacial score (nSPS) is 38.5. The minimum absolute atomic E-state index is 0.0774. The zero-order valence-corrected chi connectivity index (χ0v) is 16.3. The zero-order chi connectivity index (χ0) is 18.4. The largest absolute Gasteiger partial charge is 0.381 e. The molecule has 0 N–H and O–H groups in total. The second kappa shape index (κ2) is 7.01. The molecule has 0 aliphatic carbocycles. The summed E-state index contributed by atoms with van der Waals surface area (Å²) in [6, 6.07) is -0.545. The van der Waals surface area contributed by atoms with Gasteiger partial charge in [-0.2, -0.15) is 0 Å². The number of amidine groups is 2. The highest BCUT2D eigenvalue weighted by atomic mass is 35.5. The Bertz CT molecular complexity index is 717. The molecule has 26 heavy (non-hydrogen) atoms. The third-order valence-electron chi connectivity index (χ3n) is 5.82. The van der Waals surface area contributed by atoms with E-state index in [4.69, 9.17) is 25.8 Å². The third-order valence-corrected chi connectivity index (χ3v) is 8.13. The molecule has 8 nitrogen and oxygen atoms in total. The van der Waals surface area contributed by atoms with Crippen molar-refractivity contribution in [2.45, 2.75) is 42.2 Å². The SMILES string of the molecule is CS(=O)(=O)C1(C2N=C(Cl)N=C3C2OCC2COCCN32)CCCOCC1. The van der Waals surface area contributed by atoms with E-state index >= 15 is 0 Å². The van der Waals surface area contributed by atoms with Gasteiger partial charge in [-0.15, -0.1) is 0 Å². The molecule has 4 unspecified atom stereocenters. The van der Waals surface area contributed by atoms with E-state index < -0.39 is 26.7 Å². The maximum atomic E-state index is 12.9. The minimum Gasteiger partial charge on any atom is -0.381 e. The van der Waals surface area contributed by atoms with Gasteiger partial charge in [0, 0.05) is 26.0 Å². The molecule has 4 aliphatic rings. The van der Waals surface area contributed by atoms with Crippen molar-refractivity contribution in [3.05, 3.63) is 0 Å². The van der Waals surface area contributed by atoms with E-state index in [9.17, 15) is 8.42 Å². The Morgan fingerprint density at radius 1 is 1.19 bits per heavy atom. The summed E-state index contributed by atoms with van der Waals surface area (Å²) in [5.74, 6) is 0.683. The lowest BCUT2D eigenvalue weighted by Crippen LogP contribution is -2.66. The van der Waals surface area contributed by atoms with E-state index in [1.54, 1.807) is 0 Å². The van der Waals surface area contributed by atoms with Gasteiger partial charge in [0.05, 0.1) is 30.6 Å². The number of hydrogen-bond donors (Lipinski definition) is 0. The van der Waals surface area contributed by atoms with Crippen molar-refractivity contribution in [1.82, 2.24) is 4.90 Å². The van der Waals surface area contributed by atoms with Crippen LogP contribution in [0.15, 0.2) is 9.98 Å².